The van der Waals surface area contributed by atoms with E-state index in [9.17, 15) is 0 Å². The summed E-state index contributed by atoms with van der Waals surface area (Å²) in [4.78, 5) is 31.6. The molecule has 3 aliphatic rings. The van der Waals surface area contributed by atoms with Gasteiger partial charge in [-0.05, 0) is 200 Å². The van der Waals surface area contributed by atoms with Crippen molar-refractivity contribution in [2.45, 2.75) is 6.42 Å². The fourth-order valence-corrected chi connectivity index (χ4v) is 17.5. The molecule has 0 heterocycles. The molecule has 0 saturated carbocycles. The largest absolute Gasteiger partial charge is 0.457 e. The van der Waals surface area contributed by atoms with E-state index in [4.69, 9.17) is 9.47 Å². The molecule has 0 amide bonds. The number of carbonyl (C=O) groups is 2. The highest BCUT2D eigenvalue weighted by atomic mass is 16.5. The first-order valence-electron chi connectivity index (χ1n) is 41.1. The molecule has 570 valence electrons. The zero-order valence-electron chi connectivity index (χ0n) is 66.2. The number of rotatable bonds is 21. The number of Topliss-reactive ketones (excluding diaryl/α,β-unsaturated/α-hetero) is 2. The lowest BCUT2D eigenvalue weighted by Crippen LogP contribution is -2.02. The van der Waals surface area contributed by atoms with Crippen LogP contribution in [0.25, 0.3) is 123 Å². The quantitative estimate of drug-likeness (QED) is 0.0719. The lowest BCUT2D eigenvalue weighted by Gasteiger charge is -2.17. The van der Waals surface area contributed by atoms with Crippen LogP contribution < -0.4 is 9.47 Å². The molecule has 4 nitrogen and oxygen atoms in total. The van der Waals surface area contributed by atoms with Gasteiger partial charge in [-0.1, -0.05) is 413 Å². The average molecular weight is 1550 g/mol. The Labute approximate surface area is 705 Å². The Hall–Kier alpha value is -15.9. The number of benzene rings is 17. The van der Waals surface area contributed by atoms with Crippen LogP contribution >= 0.6 is 0 Å². The summed E-state index contributed by atoms with van der Waals surface area (Å²) in [7, 11) is 0. The van der Waals surface area contributed by atoms with E-state index < -0.39 is 0 Å². The number of hydrogen-bond acceptors (Lipinski definition) is 4. The van der Waals surface area contributed by atoms with Crippen LogP contribution in [0.1, 0.15) is 73.2 Å². The van der Waals surface area contributed by atoms with Crippen molar-refractivity contribution in [2.24, 2.45) is 0 Å². The maximum absolute atomic E-state index is 16.0. The third kappa shape index (κ3) is 14.9. The number of hydrogen-bond donors (Lipinski definition) is 0. The Balaban J connectivity index is 0.635. The molecule has 0 N–H and O–H groups in total. The predicted molar refractivity (Wildman–Crippen MR) is 500 cm³/mol. The van der Waals surface area contributed by atoms with E-state index >= 15 is 9.59 Å². The summed E-state index contributed by atoms with van der Waals surface area (Å²) in [6, 6.07) is 159. The first kappa shape index (κ1) is 74.0. The van der Waals surface area contributed by atoms with Crippen molar-refractivity contribution in [3.05, 3.63) is 528 Å². The Morgan fingerprint density at radius 1 is 0.124 bits per heavy atom. The van der Waals surface area contributed by atoms with E-state index in [1.807, 2.05) is 140 Å². The summed E-state index contributed by atoms with van der Waals surface area (Å²) >= 11 is 0. The van der Waals surface area contributed by atoms with E-state index in [2.05, 4.69) is 322 Å². The molecule has 121 heavy (non-hydrogen) atoms. The number of ether oxygens (including phenoxy) is 2. The summed E-state index contributed by atoms with van der Waals surface area (Å²) in [6.45, 7) is 0. The third-order valence-electron chi connectivity index (χ3n) is 23.4. The topological polar surface area (TPSA) is 52.6 Å². The second-order valence-electron chi connectivity index (χ2n) is 30.7. The lowest BCUT2D eigenvalue weighted by atomic mass is 9.88. The van der Waals surface area contributed by atoms with Crippen molar-refractivity contribution >= 4 is 78.4 Å². The molecule has 0 unspecified atom stereocenters. The maximum Gasteiger partial charge on any atom is 0.195 e. The smallest absolute Gasteiger partial charge is 0.195 e. The van der Waals surface area contributed by atoms with Crippen molar-refractivity contribution in [1.82, 2.24) is 0 Å². The molecule has 0 radical (unpaired) electrons. The van der Waals surface area contributed by atoms with Gasteiger partial charge in [0.2, 0.25) is 0 Å². The van der Waals surface area contributed by atoms with Gasteiger partial charge < -0.3 is 9.47 Å². The van der Waals surface area contributed by atoms with Crippen LogP contribution in [0.15, 0.2) is 461 Å². The molecule has 17 aromatic rings. The number of allylic oxidation sites excluding steroid dienone is 12. The van der Waals surface area contributed by atoms with Gasteiger partial charge in [-0.3, -0.25) is 9.59 Å². The fraction of sp³-hybridized carbons (Fsp3) is 0.00855. The molecule has 17 aromatic carbocycles. The van der Waals surface area contributed by atoms with Gasteiger partial charge in [0.15, 0.2) is 11.6 Å². The molecule has 4 heteroatoms. The van der Waals surface area contributed by atoms with Crippen molar-refractivity contribution in [3.8, 4) is 78.6 Å². The molecule has 0 aliphatic heterocycles. The first-order valence-corrected chi connectivity index (χ1v) is 41.1. The van der Waals surface area contributed by atoms with E-state index in [1.54, 1.807) is 0 Å². The first-order chi connectivity index (χ1) is 59.8. The molecular formula is C117H78O4. The molecule has 3 aliphatic carbocycles. The maximum atomic E-state index is 16.0. The summed E-state index contributed by atoms with van der Waals surface area (Å²) < 4.78 is 13.7. The van der Waals surface area contributed by atoms with E-state index in [0.29, 0.717) is 45.3 Å². The monoisotopic (exact) mass is 1550 g/mol. The summed E-state index contributed by atoms with van der Waals surface area (Å²) in [5.41, 5.74) is 33.4. The fourth-order valence-electron chi connectivity index (χ4n) is 17.5. The molecule has 0 atom stereocenters. The third-order valence-corrected chi connectivity index (χ3v) is 23.4. The van der Waals surface area contributed by atoms with Crippen LogP contribution in [-0.4, -0.2) is 11.6 Å². The van der Waals surface area contributed by atoms with Crippen LogP contribution in [0.5, 0.6) is 23.0 Å². The Kier molecular flexibility index (Phi) is 20.2. The van der Waals surface area contributed by atoms with Gasteiger partial charge >= 0.3 is 0 Å². The molecule has 0 aromatic heterocycles. The Bertz CT molecular complexity index is 6900. The van der Waals surface area contributed by atoms with Crippen LogP contribution in [0.3, 0.4) is 0 Å². The van der Waals surface area contributed by atoms with Gasteiger partial charge in [0, 0.05) is 44.6 Å². The SMILES string of the molecule is O=C1C(c2ccccc2)=C(c2ccc(Oc3ccc(C4=C(c5ccccc5)C(=O)C(c5ccc(-c6ccccc6)cc5)=C4c4ccc(-c5ccccc5)cc4)cc3)cc2)C(c2ccc(Oc3ccc(C4=C(c5ccccc5)CC(c5ccc(-c6ccccc6)cc5)=C4c4ccc(-c5ccccc5)cc4)cc3)cc2)=C1c1ccc(-c2ccccc2)cc1. The second kappa shape index (κ2) is 33.0. The number of carbonyl (C=O) groups excluding carboxylic acids is 2. The normalized spacial score (nSPS) is 13.4. The molecule has 0 saturated heterocycles. The van der Waals surface area contributed by atoms with Crippen LogP contribution in [-0.2, 0) is 9.59 Å². The molecule has 0 fully saturated rings. The van der Waals surface area contributed by atoms with Crippen LogP contribution in [0, 0.1) is 0 Å². The summed E-state index contributed by atoms with van der Waals surface area (Å²) in [5.74, 6) is 2.45. The van der Waals surface area contributed by atoms with Crippen LogP contribution in [0.2, 0.25) is 0 Å². The number of ketones is 2. The highest BCUT2D eigenvalue weighted by Crippen LogP contribution is 2.55. The van der Waals surface area contributed by atoms with Gasteiger partial charge in [0.1, 0.15) is 23.0 Å². The molecule has 20 rings (SSSR count). The Morgan fingerprint density at radius 3 is 0.471 bits per heavy atom. The van der Waals surface area contributed by atoms with Crippen molar-refractivity contribution < 1.29 is 19.1 Å². The van der Waals surface area contributed by atoms with Gasteiger partial charge in [0.05, 0.1) is 0 Å². The van der Waals surface area contributed by atoms with Gasteiger partial charge in [0.25, 0.3) is 0 Å². The molecule has 0 spiro atoms. The molecule has 0 bridgehead atoms. The highest BCUT2D eigenvalue weighted by molar-refractivity contribution is 6.60. The minimum Gasteiger partial charge on any atom is -0.457 e. The molecular weight excluding hydrogens is 1470 g/mol. The van der Waals surface area contributed by atoms with Gasteiger partial charge in [-0.15, -0.1) is 0 Å². The standard InChI is InChI=1S/C117H78O4/c118-116-112(90-37-21-7-22-38-90)109(108(94-55-45-85(46-56-94)80-29-13-3-14-30-80)114(116)98-57-47-86(48-58-98)81-31-15-4-16-32-81)95-63-71-102(72-64-95)121-103-73-65-96(66-74-103)110-111(115(117(119)113(110)91-39-23-8-24-40-91)99-59-49-87(50-60-99)82-33-17-5-18-34-82)97-67-75-101(76-68-97)120-100-69-61-93(62-70-100)107-104(88-35-19-6-20-36-88)77-105(89-51-41-83(42-52-89)78-25-9-1-10-26-78)106(107)92-53-43-84(44-54-92)79-27-11-2-12-28-79/h1-76H,77H2. The summed E-state index contributed by atoms with van der Waals surface area (Å²) in [6.07, 6.45) is 0.746. The lowest BCUT2D eigenvalue weighted by molar-refractivity contribution is -0.109. The zero-order chi connectivity index (χ0) is 81.0. The minimum absolute atomic E-state index is 0.0395. The second-order valence-corrected chi connectivity index (χ2v) is 30.7. The zero-order valence-corrected chi connectivity index (χ0v) is 66.2. The van der Waals surface area contributed by atoms with Gasteiger partial charge in [-0.25, -0.2) is 0 Å². The van der Waals surface area contributed by atoms with E-state index in [0.717, 1.165) is 123 Å². The highest BCUT2D eigenvalue weighted by Gasteiger charge is 2.38. The van der Waals surface area contributed by atoms with E-state index in [1.165, 1.54) is 50.1 Å². The Morgan fingerprint density at radius 2 is 0.256 bits per heavy atom. The average Bonchev–Trinajstić information content (AvgIpc) is 1.59. The van der Waals surface area contributed by atoms with Crippen LogP contribution in [0.4, 0.5) is 0 Å². The van der Waals surface area contributed by atoms with Crippen molar-refractivity contribution in [2.75, 3.05) is 0 Å². The minimum atomic E-state index is -0.0719. The summed E-state index contributed by atoms with van der Waals surface area (Å²) in [5, 5.41) is 0. The predicted octanol–water partition coefficient (Wildman–Crippen LogP) is 29.7. The van der Waals surface area contributed by atoms with Gasteiger partial charge in [-0.2, -0.15) is 0 Å². The van der Waals surface area contributed by atoms with Crippen molar-refractivity contribution in [1.29, 1.82) is 0 Å². The van der Waals surface area contributed by atoms with Crippen molar-refractivity contribution in [3.63, 3.8) is 0 Å². The van der Waals surface area contributed by atoms with E-state index in [-0.39, 0.29) is 11.6 Å².